The molecule has 0 fully saturated rings. The van der Waals surface area contributed by atoms with Crippen molar-refractivity contribution in [2.24, 2.45) is 5.92 Å². The minimum atomic E-state index is -1.06. The highest BCUT2D eigenvalue weighted by molar-refractivity contribution is 5.93. The van der Waals surface area contributed by atoms with E-state index in [4.69, 9.17) is 4.74 Å². The van der Waals surface area contributed by atoms with Gasteiger partial charge in [0.25, 0.3) is 0 Å². The molecule has 3 unspecified atom stereocenters. The van der Waals surface area contributed by atoms with E-state index in [0.29, 0.717) is 18.4 Å². The number of alkyl carbamates (subject to hydrolysis) is 1. The van der Waals surface area contributed by atoms with E-state index < -0.39 is 35.2 Å². The van der Waals surface area contributed by atoms with Crippen LogP contribution in [0.2, 0.25) is 0 Å². The van der Waals surface area contributed by atoms with Crippen molar-refractivity contribution in [1.82, 2.24) is 15.5 Å². The van der Waals surface area contributed by atoms with Crippen LogP contribution in [0.3, 0.4) is 0 Å². The average Bonchev–Trinajstić information content (AvgIpc) is 2.87. The number of carbonyl (C=O) groups excluding carboxylic acids is 3. The maximum atomic E-state index is 14.4. The summed E-state index contributed by atoms with van der Waals surface area (Å²) in [7, 11) is 0. The van der Waals surface area contributed by atoms with Gasteiger partial charge in [-0.05, 0) is 70.2 Å². The van der Waals surface area contributed by atoms with E-state index in [-0.39, 0.29) is 24.1 Å². The van der Waals surface area contributed by atoms with Gasteiger partial charge in [0, 0.05) is 12.1 Å². The monoisotopic (exact) mass is 539 g/mol. The zero-order valence-corrected chi connectivity index (χ0v) is 24.6. The van der Waals surface area contributed by atoms with Gasteiger partial charge in [-0.15, -0.1) is 0 Å². The van der Waals surface area contributed by atoms with E-state index in [9.17, 15) is 19.5 Å². The number of ether oxygens (including phenoxy) is 1. The molecule has 2 aromatic rings. The number of nitrogens with zero attached hydrogens (tertiary/aromatic N) is 1. The van der Waals surface area contributed by atoms with Crippen LogP contribution in [-0.4, -0.2) is 45.1 Å². The lowest BCUT2D eigenvalue weighted by Gasteiger charge is -2.45. The number of rotatable bonds is 11. The van der Waals surface area contributed by atoms with Crippen molar-refractivity contribution in [2.45, 2.75) is 98.0 Å². The summed E-state index contributed by atoms with van der Waals surface area (Å²) in [4.78, 5) is 42.7. The Morgan fingerprint density at radius 1 is 0.974 bits per heavy atom. The zero-order chi connectivity index (χ0) is 29.4. The van der Waals surface area contributed by atoms with Gasteiger partial charge in [0.2, 0.25) is 11.8 Å². The Morgan fingerprint density at radius 3 is 2.15 bits per heavy atom. The third-order valence-corrected chi connectivity index (χ3v) is 6.91. The molecular weight excluding hydrogens is 494 g/mol. The van der Waals surface area contributed by atoms with Crippen LogP contribution < -0.4 is 10.6 Å². The molecule has 0 radical (unpaired) electrons. The van der Waals surface area contributed by atoms with E-state index in [1.165, 1.54) is 12.1 Å². The molecule has 0 bridgehead atoms. The zero-order valence-electron chi connectivity index (χ0n) is 24.6. The summed E-state index contributed by atoms with van der Waals surface area (Å²) in [5.41, 5.74) is -0.136. The molecule has 0 aliphatic carbocycles. The van der Waals surface area contributed by atoms with Crippen LogP contribution in [0.5, 0.6) is 5.75 Å². The van der Waals surface area contributed by atoms with Crippen molar-refractivity contribution in [3.05, 3.63) is 65.7 Å². The number of phenols is 1. The number of carbonyl (C=O) groups is 3. The number of phenolic OH excluding ortho intramolecular Hbond substituents is 1. The summed E-state index contributed by atoms with van der Waals surface area (Å²) in [6.07, 6.45) is 0.460. The van der Waals surface area contributed by atoms with Crippen LogP contribution in [0.15, 0.2) is 54.6 Å². The molecule has 3 N–H and O–H groups in total. The normalized spacial score (nSPS) is 14.1. The first-order valence-electron chi connectivity index (χ1n) is 13.6. The second-order valence-corrected chi connectivity index (χ2v) is 11.6. The van der Waals surface area contributed by atoms with Crippen molar-refractivity contribution in [3.8, 4) is 5.75 Å². The fourth-order valence-electron chi connectivity index (χ4n) is 4.21. The Bertz CT molecular complexity index is 1110. The van der Waals surface area contributed by atoms with Gasteiger partial charge in [-0.3, -0.25) is 9.59 Å². The molecule has 3 amide bonds. The molecule has 0 saturated heterocycles. The van der Waals surface area contributed by atoms with Crippen LogP contribution in [0.25, 0.3) is 0 Å². The van der Waals surface area contributed by atoms with E-state index in [1.807, 2.05) is 65.0 Å². The summed E-state index contributed by atoms with van der Waals surface area (Å²) in [5.74, 6) is -1.04. The van der Waals surface area contributed by atoms with Crippen LogP contribution in [0, 0.1) is 5.92 Å². The largest absolute Gasteiger partial charge is 0.508 e. The van der Waals surface area contributed by atoms with Crippen LogP contribution in [0.1, 0.15) is 85.4 Å². The Hall–Kier alpha value is -3.55. The van der Waals surface area contributed by atoms with Crippen molar-refractivity contribution in [2.75, 3.05) is 0 Å². The van der Waals surface area contributed by atoms with Gasteiger partial charge >= 0.3 is 6.09 Å². The Kier molecular flexibility index (Phi) is 11.0. The molecule has 3 atom stereocenters. The first kappa shape index (κ1) is 31.7. The smallest absolute Gasteiger partial charge is 0.408 e. The topological polar surface area (TPSA) is 108 Å². The molecule has 0 aromatic heterocycles. The van der Waals surface area contributed by atoms with Gasteiger partial charge in [-0.25, -0.2) is 4.79 Å². The molecule has 0 saturated carbocycles. The third kappa shape index (κ3) is 9.01. The molecule has 8 nitrogen and oxygen atoms in total. The molecular formula is C31H45N3O5. The number of hydrogen-bond acceptors (Lipinski definition) is 5. The first-order valence-corrected chi connectivity index (χ1v) is 13.6. The molecule has 0 spiro atoms. The first-order chi connectivity index (χ1) is 18.2. The molecule has 214 valence electrons. The van der Waals surface area contributed by atoms with Crippen LogP contribution >= 0.6 is 0 Å². The lowest BCUT2D eigenvalue weighted by Crippen LogP contribution is -2.60. The Balaban J connectivity index is 2.58. The summed E-state index contributed by atoms with van der Waals surface area (Å²) in [6, 6.07) is 13.9. The third-order valence-electron chi connectivity index (χ3n) is 6.91. The second kappa shape index (κ2) is 13.5. The quantitative estimate of drug-likeness (QED) is 0.339. The van der Waals surface area contributed by atoms with Gasteiger partial charge in [0.1, 0.15) is 23.4 Å². The minimum Gasteiger partial charge on any atom is -0.508 e. The second-order valence-electron chi connectivity index (χ2n) is 11.6. The summed E-state index contributed by atoms with van der Waals surface area (Å²) < 4.78 is 5.47. The summed E-state index contributed by atoms with van der Waals surface area (Å²) in [5, 5.41) is 16.0. The predicted molar refractivity (Wildman–Crippen MR) is 153 cm³/mol. The fourth-order valence-corrected chi connectivity index (χ4v) is 4.21. The van der Waals surface area contributed by atoms with Crippen molar-refractivity contribution < 1.29 is 24.2 Å². The molecule has 2 aromatic carbocycles. The minimum absolute atomic E-state index is 0.0135. The van der Waals surface area contributed by atoms with Gasteiger partial charge in [-0.2, -0.15) is 0 Å². The summed E-state index contributed by atoms with van der Waals surface area (Å²) in [6.45, 7) is 15.1. The Morgan fingerprint density at radius 2 is 1.62 bits per heavy atom. The van der Waals surface area contributed by atoms with Crippen LogP contribution in [0.4, 0.5) is 4.79 Å². The van der Waals surface area contributed by atoms with Crippen molar-refractivity contribution >= 4 is 17.9 Å². The molecule has 8 heteroatoms. The van der Waals surface area contributed by atoms with Crippen LogP contribution in [-0.2, 0) is 20.9 Å². The molecule has 0 aliphatic rings. The predicted octanol–water partition coefficient (Wildman–Crippen LogP) is 5.71. The number of benzene rings is 2. The molecule has 0 aliphatic heterocycles. The van der Waals surface area contributed by atoms with Gasteiger partial charge in [0.15, 0.2) is 0 Å². The molecule has 2 rings (SSSR count). The maximum absolute atomic E-state index is 14.4. The highest BCUT2D eigenvalue weighted by Crippen LogP contribution is 2.34. The van der Waals surface area contributed by atoms with Gasteiger partial charge < -0.3 is 25.4 Å². The van der Waals surface area contributed by atoms with Gasteiger partial charge in [-0.1, -0.05) is 69.7 Å². The van der Waals surface area contributed by atoms with E-state index in [2.05, 4.69) is 10.6 Å². The maximum Gasteiger partial charge on any atom is 0.408 e. The highest BCUT2D eigenvalue weighted by Gasteiger charge is 2.44. The Labute approximate surface area is 233 Å². The standard InChI is InChI=1S/C31H45N3O5/c1-9-21(3)25(33-29(38)39-30(4,5)6)28(37)34(31(7,8)10-2)26(23-17-14-18-24(35)19-23)27(36)32-20-22-15-12-11-13-16-22/h11-19,21,25-26,35H,9-10,20H2,1-8H3,(H,32,36)(H,33,38). The number of hydrogen-bond donors (Lipinski definition) is 3. The van der Waals surface area contributed by atoms with Crippen molar-refractivity contribution in [1.29, 1.82) is 0 Å². The summed E-state index contributed by atoms with van der Waals surface area (Å²) >= 11 is 0. The average molecular weight is 540 g/mol. The number of aromatic hydroxyl groups is 1. The van der Waals surface area contributed by atoms with E-state index in [0.717, 1.165) is 5.56 Å². The van der Waals surface area contributed by atoms with Crippen molar-refractivity contribution in [3.63, 3.8) is 0 Å². The highest BCUT2D eigenvalue weighted by atomic mass is 16.6. The fraction of sp³-hybridized carbons (Fsp3) is 0.516. The number of nitrogens with one attached hydrogen (secondary N) is 2. The molecule has 0 heterocycles. The SMILES string of the molecule is CCC(C)C(NC(=O)OC(C)(C)C)C(=O)N(C(C(=O)NCc1ccccc1)c1cccc(O)c1)C(C)(C)CC. The van der Waals surface area contributed by atoms with E-state index in [1.54, 1.807) is 37.8 Å². The lowest BCUT2D eigenvalue weighted by molar-refractivity contribution is -0.150. The van der Waals surface area contributed by atoms with E-state index >= 15 is 0 Å². The number of amides is 3. The van der Waals surface area contributed by atoms with Gasteiger partial charge in [0.05, 0.1) is 0 Å². The lowest BCUT2D eigenvalue weighted by atomic mass is 9.89. The molecule has 39 heavy (non-hydrogen) atoms.